The van der Waals surface area contributed by atoms with Gasteiger partial charge in [0.05, 0.1) is 19.5 Å². The zero-order chi connectivity index (χ0) is 11.4. The molecule has 2 N–H and O–H groups in total. The van der Waals surface area contributed by atoms with Crippen LogP contribution in [0.1, 0.15) is 12.8 Å². The van der Waals surface area contributed by atoms with E-state index >= 15 is 0 Å². The first-order chi connectivity index (χ1) is 7.81. The molecule has 0 radical (unpaired) electrons. The van der Waals surface area contributed by atoms with Crippen molar-refractivity contribution in [2.24, 2.45) is 0 Å². The summed E-state index contributed by atoms with van der Waals surface area (Å²) in [5, 5.41) is 3.07. The zero-order valence-electron chi connectivity index (χ0n) is 9.16. The molecule has 1 atom stereocenters. The van der Waals surface area contributed by atoms with Gasteiger partial charge >= 0.3 is 0 Å². The van der Waals surface area contributed by atoms with Crippen LogP contribution in [0.2, 0.25) is 0 Å². The highest BCUT2D eigenvalue weighted by Gasteiger charge is 2.16. The Morgan fingerprint density at radius 3 is 3.31 bits per heavy atom. The lowest BCUT2D eigenvalue weighted by Gasteiger charge is -2.12. The molecule has 2 rings (SSSR count). The Balaban J connectivity index is 2.02. The van der Waals surface area contributed by atoms with Crippen molar-refractivity contribution >= 4 is 5.82 Å². The summed E-state index contributed by atoms with van der Waals surface area (Å²) in [4.78, 5) is 17.9. The summed E-state index contributed by atoms with van der Waals surface area (Å²) in [5.41, 5.74) is -0.285. The predicted molar refractivity (Wildman–Crippen MR) is 58.9 cm³/mol. The average molecular weight is 225 g/mol. The summed E-state index contributed by atoms with van der Waals surface area (Å²) >= 11 is 0. The van der Waals surface area contributed by atoms with Crippen molar-refractivity contribution in [3.05, 3.63) is 16.7 Å². The SMILES string of the molecule is COc1c(NCC2CCCO2)nc[nH]c1=O. The van der Waals surface area contributed by atoms with Crippen molar-refractivity contribution in [1.29, 1.82) is 0 Å². The van der Waals surface area contributed by atoms with Crippen LogP contribution >= 0.6 is 0 Å². The third kappa shape index (κ3) is 2.33. The summed E-state index contributed by atoms with van der Waals surface area (Å²) < 4.78 is 10.4. The number of ether oxygens (including phenoxy) is 2. The number of nitrogens with zero attached hydrogens (tertiary/aromatic N) is 1. The first kappa shape index (κ1) is 10.9. The summed E-state index contributed by atoms with van der Waals surface area (Å²) in [5.74, 6) is 0.669. The molecule has 6 nitrogen and oxygen atoms in total. The Morgan fingerprint density at radius 2 is 2.62 bits per heavy atom. The van der Waals surface area contributed by atoms with Gasteiger partial charge in [-0.25, -0.2) is 4.98 Å². The van der Waals surface area contributed by atoms with Crippen molar-refractivity contribution in [3.63, 3.8) is 0 Å². The molecular formula is C10H15N3O3. The maximum Gasteiger partial charge on any atom is 0.295 e. The van der Waals surface area contributed by atoms with Gasteiger partial charge in [-0.05, 0) is 12.8 Å². The number of nitrogens with one attached hydrogen (secondary N) is 2. The highest BCUT2D eigenvalue weighted by atomic mass is 16.5. The fraction of sp³-hybridized carbons (Fsp3) is 0.600. The summed E-state index contributed by atoms with van der Waals surface area (Å²) in [7, 11) is 1.45. The van der Waals surface area contributed by atoms with Crippen LogP contribution in [0.4, 0.5) is 5.82 Å². The molecule has 6 heteroatoms. The van der Waals surface area contributed by atoms with E-state index in [1.807, 2.05) is 0 Å². The van der Waals surface area contributed by atoms with Gasteiger partial charge in [0.2, 0.25) is 5.75 Å². The van der Waals surface area contributed by atoms with Gasteiger partial charge in [-0.3, -0.25) is 4.79 Å². The molecule has 1 aliphatic heterocycles. The van der Waals surface area contributed by atoms with Crippen molar-refractivity contribution in [3.8, 4) is 5.75 Å². The minimum absolute atomic E-state index is 0.200. The molecule has 0 saturated carbocycles. The topological polar surface area (TPSA) is 76.2 Å². The smallest absolute Gasteiger partial charge is 0.295 e. The second kappa shape index (κ2) is 4.98. The Labute approximate surface area is 93.0 Å². The molecule has 1 fully saturated rings. The van der Waals surface area contributed by atoms with Gasteiger partial charge in [0.15, 0.2) is 5.82 Å². The summed E-state index contributed by atoms with van der Waals surface area (Å²) in [6, 6.07) is 0. The average Bonchev–Trinajstić information content (AvgIpc) is 2.79. The van der Waals surface area contributed by atoms with Crippen LogP contribution in [0.25, 0.3) is 0 Å². The number of hydrogen-bond donors (Lipinski definition) is 2. The Bertz CT molecular complexity index is 399. The molecule has 88 valence electrons. The maximum absolute atomic E-state index is 11.4. The minimum atomic E-state index is -0.285. The third-order valence-electron chi connectivity index (χ3n) is 2.54. The number of anilines is 1. The molecule has 0 amide bonds. The van der Waals surface area contributed by atoms with Crippen LogP contribution in [0.5, 0.6) is 5.75 Å². The molecule has 0 bridgehead atoms. The molecule has 0 spiro atoms. The van der Waals surface area contributed by atoms with E-state index in [1.54, 1.807) is 0 Å². The zero-order valence-corrected chi connectivity index (χ0v) is 9.16. The van der Waals surface area contributed by atoms with Crippen molar-refractivity contribution in [1.82, 2.24) is 9.97 Å². The van der Waals surface area contributed by atoms with Crippen LogP contribution in [-0.4, -0.2) is 36.3 Å². The Morgan fingerprint density at radius 1 is 1.75 bits per heavy atom. The van der Waals surface area contributed by atoms with Crippen LogP contribution in [0.3, 0.4) is 0 Å². The van der Waals surface area contributed by atoms with Crippen LogP contribution in [-0.2, 0) is 4.74 Å². The third-order valence-corrected chi connectivity index (χ3v) is 2.54. The molecule has 1 aromatic heterocycles. The standard InChI is InChI=1S/C10H15N3O3/c1-15-8-9(12-6-13-10(8)14)11-5-7-3-2-4-16-7/h6-7H,2-5H2,1H3,(H2,11,12,13,14). The van der Waals surface area contributed by atoms with Gasteiger partial charge < -0.3 is 19.8 Å². The van der Waals surface area contributed by atoms with Gasteiger partial charge in [-0.1, -0.05) is 0 Å². The number of rotatable bonds is 4. The van der Waals surface area contributed by atoms with E-state index in [4.69, 9.17) is 9.47 Å². The number of aromatic nitrogens is 2. The molecule has 1 aromatic rings. The van der Waals surface area contributed by atoms with Crippen LogP contribution in [0, 0.1) is 0 Å². The fourth-order valence-electron chi connectivity index (χ4n) is 1.72. The number of hydrogen-bond acceptors (Lipinski definition) is 5. The second-order valence-electron chi connectivity index (χ2n) is 3.63. The Kier molecular flexibility index (Phi) is 3.40. The van der Waals surface area contributed by atoms with E-state index in [2.05, 4.69) is 15.3 Å². The molecule has 1 saturated heterocycles. The number of H-pyrrole nitrogens is 1. The monoisotopic (exact) mass is 225 g/mol. The molecule has 16 heavy (non-hydrogen) atoms. The van der Waals surface area contributed by atoms with Gasteiger partial charge in [0.25, 0.3) is 5.56 Å². The quantitative estimate of drug-likeness (QED) is 0.774. The lowest BCUT2D eigenvalue weighted by molar-refractivity contribution is 0.120. The van der Waals surface area contributed by atoms with Gasteiger partial charge in [-0.2, -0.15) is 0 Å². The van der Waals surface area contributed by atoms with Crippen molar-refractivity contribution < 1.29 is 9.47 Å². The van der Waals surface area contributed by atoms with Gasteiger partial charge in [0, 0.05) is 13.2 Å². The molecule has 0 aromatic carbocycles. The van der Waals surface area contributed by atoms with E-state index in [1.165, 1.54) is 13.4 Å². The van der Waals surface area contributed by atoms with Gasteiger partial charge in [-0.15, -0.1) is 0 Å². The lowest BCUT2D eigenvalue weighted by atomic mass is 10.2. The summed E-state index contributed by atoms with van der Waals surface area (Å²) in [6.07, 6.45) is 3.68. The minimum Gasteiger partial charge on any atom is -0.489 e. The van der Waals surface area contributed by atoms with Crippen LogP contribution < -0.4 is 15.6 Å². The summed E-state index contributed by atoms with van der Waals surface area (Å²) in [6.45, 7) is 1.46. The maximum atomic E-state index is 11.4. The highest BCUT2D eigenvalue weighted by molar-refractivity contribution is 5.47. The lowest BCUT2D eigenvalue weighted by Crippen LogP contribution is -2.21. The van der Waals surface area contributed by atoms with Crippen LogP contribution in [0.15, 0.2) is 11.1 Å². The largest absolute Gasteiger partial charge is 0.489 e. The van der Waals surface area contributed by atoms with E-state index < -0.39 is 0 Å². The number of aromatic amines is 1. The molecular weight excluding hydrogens is 210 g/mol. The van der Waals surface area contributed by atoms with Crippen molar-refractivity contribution in [2.75, 3.05) is 25.6 Å². The first-order valence-corrected chi connectivity index (χ1v) is 5.28. The molecule has 1 aliphatic rings. The molecule has 1 unspecified atom stereocenters. The second-order valence-corrected chi connectivity index (χ2v) is 3.63. The van der Waals surface area contributed by atoms with Crippen molar-refractivity contribution in [2.45, 2.75) is 18.9 Å². The van der Waals surface area contributed by atoms with E-state index in [0.717, 1.165) is 19.4 Å². The van der Waals surface area contributed by atoms with E-state index in [-0.39, 0.29) is 17.4 Å². The first-order valence-electron chi connectivity index (χ1n) is 5.28. The van der Waals surface area contributed by atoms with E-state index in [9.17, 15) is 4.79 Å². The normalized spacial score (nSPS) is 19.7. The molecule has 2 heterocycles. The number of methoxy groups -OCH3 is 1. The van der Waals surface area contributed by atoms with E-state index in [0.29, 0.717) is 12.4 Å². The predicted octanol–water partition coefficient (Wildman–Crippen LogP) is 0.369. The Hall–Kier alpha value is -1.56. The fourth-order valence-corrected chi connectivity index (χ4v) is 1.72. The molecule has 0 aliphatic carbocycles. The highest BCUT2D eigenvalue weighted by Crippen LogP contribution is 2.17. The van der Waals surface area contributed by atoms with Gasteiger partial charge in [0.1, 0.15) is 0 Å².